The second-order valence-corrected chi connectivity index (χ2v) is 4.47. The van der Waals surface area contributed by atoms with Crippen molar-refractivity contribution in [3.63, 3.8) is 0 Å². The highest BCUT2D eigenvalue weighted by molar-refractivity contribution is 9.10. The number of halogens is 1. The van der Waals surface area contributed by atoms with E-state index in [1.54, 1.807) is 19.9 Å². The van der Waals surface area contributed by atoms with Crippen molar-refractivity contribution < 1.29 is 13.9 Å². The number of fused-ring (bicyclic) bond motifs is 1. The lowest BCUT2D eigenvalue weighted by Gasteiger charge is -2.07. The summed E-state index contributed by atoms with van der Waals surface area (Å²) in [5, 5.41) is 0.762. The minimum atomic E-state index is -0.377. The third kappa shape index (κ3) is 2.09. The molecule has 2 heterocycles. The van der Waals surface area contributed by atoms with Gasteiger partial charge in [0.2, 0.25) is 5.71 Å². The molecule has 0 spiro atoms. The number of rotatable bonds is 2. The van der Waals surface area contributed by atoms with Crippen molar-refractivity contribution in [1.82, 2.24) is 4.98 Å². The molecule has 0 unspecified atom stereocenters. The molecule has 0 atom stereocenters. The fourth-order valence-electron chi connectivity index (χ4n) is 1.28. The number of esters is 1. The molecule has 0 aliphatic heterocycles. The van der Waals surface area contributed by atoms with E-state index in [0.717, 1.165) is 9.86 Å². The van der Waals surface area contributed by atoms with E-state index >= 15 is 0 Å². The van der Waals surface area contributed by atoms with Gasteiger partial charge in [0.1, 0.15) is 6.26 Å². The molecule has 0 saturated heterocycles. The van der Waals surface area contributed by atoms with Crippen LogP contribution in [0.5, 0.6) is 0 Å². The summed E-state index contributed by atoms with van der Waals surface area (Å²) in [4.78, 5) is 15.7. The lowest BCUT2D eigenvalue weighted by Crippen LogP contribution is -2.11. The molecule has 0 N–H and O–H groups in total. The lowest BCUT2D eigenvalue weighted by atomic mass is 10.2. The molecule has 0 aromatic carbocycles. The molecule has 84 valence electrons. The van der Waals surface area contributed by atoms with Gasteiger partial charge in [-0.15, -0.1) is 0 Å². The first-order chi connectivity index (χ1) is 7.58. The Kier molecular flexibility index (Phi) is 2.96. The van der Waals surface area contributed by atoms with Crippen LogP contribution in [0.15, 0.2) is 27.4 Å². The van der Waals surface area contributed by atoms with Crippen LogP contribution in [0.3, 0.4) is 0 Å². The fraction of sp³-hybridized carbons (Fsp3) is 0.273. The normalized spacial score (nSPS) is 11.0. The van der Waals surface area contributed by atoms with E-state index in [1.807, 2.05) is 0 Å². The fourth-order valence-corrected chi connectivity index (χ4v) is 1.66. The Bertz CT molecular complexity index is 533. The number of furan rings is 1. The zero-order valence-electron chi connectivity index (χ0n) is 8.86. The summed E-state index contributed by atoms with van der Waals surface area (Å²) in [5.74, 6) is -0.377. The van der Waals surface area contributed by atoms with Crippen LogP contribution in [0.25, 0.3) is 11.1 Å². The van der Waals surface area contributed by atoms with E-state index < -0.39 is 0 Å². The van der Waals surface area contributed by atoms with Gasteiger partial charge in [0.05, 0.1) is 21.5 Å². The van der Waals surface area contributed by atoms with Crippen LogP contribution >= 0.6 is 15.9 Å². The average Bonchev–Trinajstić information content (AvgIpc) is 2.59. The third-order valence-corrected chi connectivity index (χ3v) is 2.57. The van der Waals surface area contributed by atoms with Crippen LogP contribution in [0.1, 0.15) is 24.2 Å². The van der Waals surface area contributed by atoms with Crippen molar-refractivity contribution in [2.75, 3.05) is 0 Å². The first kappa shape index (κ1) is 11.1. The Morgan fingerprint density at radius 2 is 2.31 bits per heavy atom. The minimum absolute atomic E-state index is 0.143. The molecule has 0 saturated carbocycles. The topological polar surface area (TPSA) is 52.3 Å². The molecule has 0 radical (unpaired) electrons. The Labute approximate surface area is 101 Å². The second-order valence-electron chi connectivity index (χ2n) is 3.61. The predicted octanol–water partition coefficient (Wildman–Crippen LogP) is 3.16. The minimum Gasteiger partial charge on any atom is -0.459 e. The molecule has 5 heteroatoms. The standard InChI is InChI=1S/C11H10BrNO3/c1-6(2)16-11(14)7-3-8-9(12)5-15-10(8)13-4-7/h3-6H,1-2H3. The monoisotopic (exact) mass is 283 g/mol. The van der Waals surface area contributed by atoms with Crippen LogP contribution in [-0.4, -0.2) is 17.1 Å². The van der Waals surface area contributed by atoms with Crippen LogP contribution in [-0.2, 0) is 4.74 Å². The Hall–Kier alpha value is -1.36. The summed E-state index contributed by atoms with van der Waals surface area (Å²) in [6.07, 6.45) is 2.84. The Morgan fingerprint density at radius 3 is 3.00 bits per heavy atom. The third-order valence-electron chi connectivity index (χ3n) is 1.96. The van der Waals surface area contributed by atoms with Gasteiger partial charge in [0.25, 0.3) is 0 Å². The molecule has 2 aromatic heterocycles. The van der Waals surface area contributed by atoms with Gasteiger partial charge >= 0.3 is 5.97 Å². The van der Waals surface area contributed by atoms with Crippen molar-refractivity contribution in [2.45, 2.75) is 20.0 Å². The number of ether oxygens (including phenoxy) is 1. The van der Waals surface area contributed by atoms with Gasteiger partial charge in [0, 0.05) is 6.20 Å². The van der Waals surface area contributed by atoms with Crippen LogP contribution in [0, 0.1) is 0 Å². The van der Waals surface area contributed by atoms with Crippen molar-refractivity contribution in [3.05, 3.63) is 28.6 Å². The van der Waals surface area contributed by atoms with E-state index in [9.17, 15) is 4.79 Å². The van der Waals surface area contributed by atoms with Gasteiger partial charge in [0.15, 0.2) is 0 Å². The van der Waals surface area contributed by atoms with Crippen molar-refractivity contribution >= 4 is 33.0 Å². The maximum Gasteiger partial charge on any atom is 0.339 e. The highest BCUT2D eigenvalue weighted by Gasteiger charge is 2.13. The lowest BCUT2D eigenvalue weighted by molar-refractivity contribution is 0.0377. The van der Waals surface area contributed by atoms with Gasteiger partial charge in [-0.1, -0.05) is 0 Å². The number of hydrogen-bond donors (Lipinski definition) is 0. The first-order valence-corrected chi connectivity index (χ1v) is 5.61. The summed E-state index contributed by atoms with van der Waals surface area (Å²) in [5.41, 5.74) is 0.913. The van der Waals surface area contributed by atoms with E-state index in [1.165, 1.54) is 12.5 Å². The first-order valence-electron chi connectivity index (χ1n) is 4.81. The van der Waals surface area contributed by atoms with Gasteiger partial charge in [-0.3, -0.25) is 0 Å². The summed E-state index contributed by atoms with van der Waals surface area (Å²) in [6.45, 7) is 3.61. The van der Waals surface area contributed by atoms with Gasteiger partial charge in [-0.25, -0.2) is 9.78 Å². The number of hydrogen-bond acceptors (Lipinski definition) is 4. The molecule has 2 rings (SSSR count). The van der Waals surface area contributed by atoms with E-state index in [4.69, 9.17) is 9.15 Å². The molecule has 2 aromatic rings. The van der Waals surface area contributed by atoms with Crippen LogP contribution in [0.2, 0.25) is 0 Å². The number of carbonyl (C=O) groups is 1. The van der Waals surface area contributed by atoms with E-state index in [0.29, 0.717) is 11.3 Å². The quantitative estimate of drug-likeness (QED) is 0.795. The molecule has 0 amide bonds. The number of carbonyl (C=O) groups excluding carboxylic acids is 1. The highest BCUT2D eigenvalue weighted by Crippen LogP contribution is 2.25. The zero-order chi connectivity index (χ0) is 11.7. The Morgan fingerprint density at radius 1 is 1.56 bits per heavy atom. The number of pyridine rings is 1. The zero-order valence-corrected chi connectivity index (χ0v) is 10.4. The molecular formula is C11H10BrNO3. The predicted molar refractivity (Wildman–Crippen MR) is 62.3 cm³/mol. The molecule has 0 fully saturated rings. The van der Waals surface area contributed by atoms with Crippen LogP contribution in [0.4, 0.5) is 0 Å². The number of nitrogens with zero attached hydrogens (tertiary/aromatic N) is 1. The van der Waals surface area contributed by atoms with Crippen molar-refractivity contribution in [3.8, 4) is 0 Å². The van der Waals surface area contributed by atoms with Gasteiger partial charge in [-0.05, 0) is 35.8 Å². The average molecular weight is 284 g/mol. The second kappa shape index (κ2) is 4.25. The molecule has 16 heavy (non-hydrogen) atoms. The summed E-state index contributed by atoms with van der Waals surface area (Å²) >= 11 is 3.32. The van der Waals surface area contributed by atoms with Crippen LogP contribution < -0.4 is 0 Å². The van der Waals surface area contributed by atoms with Crippen molar-refractivity contribution in [1.29, 1.82) is 0 Å². The van der Waals surface area contributed by atoms with E-state index in [2.05, 4.69) is 20.9 Å². The highest BCUT2D eigenvalue weighted by atomic mass is 79.9. The maximum atomic E-state index is 11.6. The van der Waals surface area contributed by atoms with Gasteiger partial charge < -0.3 is 9.15 Å². The largest absolute Gasteiger partial charge is 0.459 e. The summed E-state index contributed by atoms with van der Waals surface area (Å²) < 4.78 is 11.0. The SMILES string of the molecule is CC(C)OC(=O)c1cnc2occ(Br)c2c1. The molecule has 0 bridgehead atoms. The summed E-state index contributed by atoms with van der Waals surface area (Å²) in [7, 11) is 0. The molecule has 0 aliphatic rings. The summed E-state index contributed by atoms with van der Waals surface area (Å²) in [6, 6.07) is 1.70. The number of aromatic nitrogens is 1. The smallest absolute Gasteiger partial charge is 0.339 e. The maximum absolute atomic E-state index is 11.6. The molecule has 0 aliphatic carbocycles. The van der Waals surface area contributed by atoms with E-state index in [-0.39, 0.29) is 12.1 Å². The van der Waals surface area contributed by atoms with Crippen molar-refractivity contribution in [2.24, 2.45) is 0 Å². The molecule has 4 nitrogen and oxygen atoms in total. The van der Waals surface area contributed by atoms with Gasteiger partial charge in [-0.2, -0.15) is 0 Å². The molecular weight excluding hydrogens is 274 g/mol. The Balaban J connectivity index is 2.38.